The first-order valence-electron chi connectivity index (χ1n) is 6.74. The lowest BCUT2D eigenvalue weighted by atomic mass is 10.1. The van der Waals surface area contributed by atoms with Crippen molar-refractivity contribution in [1.82, 2.24) is 5.32 Å². The van der Waals surface area contributed by atoms with Crippen molar-refractivity contribution in [2.24, 2.45) is 0 Å². The first kappa shape index (κ1) is 14.2. The summed E-state index contributed by atoms with van der Waals surface area (Å²) in [5, 5.41) is 3.22. The lowest BCUT2D eigenvalue weighted by Crippen LogP contribution is -2.13. The Labute approximate surface area is 120 Å². The zero-order chi connectivity index (χ0) is 14.2. The van der Waals surface area contributed by atoms with Gasteiger partial charge >= 0.3 is 0 Å². The first-order chi connectivity index (χ1) is 9.81. The van der Waals surface area contributed by atoms with Crippen molar-refractivity contribution in [2.75, 3.05) is 13.7 Å². The Balaban J connectivity index is 2.00. The largest absolute Gasteiger partial charge is 0.481 e. The highest BCUT2D eigenvalue weighted by Crippen LogP contribution is 2.24. The van der Waals surface area contributed by atoms with Crippen LogP contribution in [0.25, 0.3) is 0 Å². The molecule has 2 aromatic carbocycles. The van der Waals surface area contributed by atoms with Crippen molar-refractivity contribution in [3.63, 3.8) is 0 Å². The molecule has 1 atom stereocenters. The number of para-hydroxylation sites is 1. The van der Waals surface area contributed by atoms with E-state index in [1.807, 2.05) is 55.6 Å². The minimum Gasteiger partial charge on any atom is -0.481 e. The molecule has 0 amide bonds. The van der Waals surface area contributed by atoms with E-state index in [2.05, 4.69) is 30.1 Å². The molecule has 20 heavy (non-hydrogen) atoms. The van der Waals surface area contributed by atoms with Gasteiger partial charge in [0.2, 0.25) is 0 Å². The number of benzene rings is 2. The van der Waals surface area contributed by atoms with Crippen molar-refractivity contribution in [1.29, 1.82) is 0 Å². The fraction of sp³-hybridized carbons (Fsp3) is 0.222. The van der Waals surface area contributed by atoms with E-state index in [9.17, 15) is 0 Å². The van der Waals surface area contributed by atoms with Gasteiger partial charge in [0.15, 0.2) is 0 Å². The van der Waals surface area contributed by atoms with Gasteiger partial charge < -0.3 is 10.1 Å². The average molecular weight is 265 g/mol. The van der Waals surface area contributed by atoms with Crippen molar-refractivity contribution in [3.8, 4) is 17.6 Å². The summed E-state index contributed by atoms with van der Waals surface area (Å²) >= 11 is 0. The van der Waals surface area contributed by atoms with Gasteiger partial charge in [0, 0.05) is 17.2 Å². The van der Waals surface area contributed by atoms with Crippen LogP contribution in [0.4, 0.5) is 0 Å². The highest BCUT2D eigenvalue weighted by Gasteiger charge is 2.08. The molecule has 2 rings (SSSR count). The molecule has 1 N–H and O–H groups in total. The molecule has 0 radical (unpaired) electrons. The SMILES string of the molecule is CNC(C)c1ccccc1OCC#Cc1ccccc1. The van der Waals surface area contributed by atoms with Crippen LogP contribution in [0.2, 0.25) is 0 Å². The Morgan fingerprint density at radius 2 is 1.75 bits per heavy atom. The molecule has 0 heterocycles. The van der Waals surface area contributed by atoms with Crippen molar-refractivity contribution in [2.45, 2.75) is 13.0 Å². The fourth-order valence-electron chi connectivity index (χ4n) is 1.90. The van der Waals surface area contributed by atoms with Gasteiger partial charge in [-0.15, -0.1) is 0 Å². The molecular formula is C18H19NO. The standard InChI is InChI=1S/C18H19NO/c1-15(19-2)17-12-6-7-13-18(17)20-14-8-11-16-9-4-3-5-10-16/h3-7,9-10,12-13,15,19H,14H2,1-2H3. The highest BCUT2D eigenvalue weighted by molar-refractivity contribution is 5.37. The molecule has 0 aliphatic rings. The summed E-state index contributed by atoms with van der Waals surface area (Å²) in [6.45, 7) is 2.50. The Kier molecular flexibility index (Phi) is 5.23. The third kappa shape index (κ3) is 3.88. The zero-order valence-corrected chi connectivity index (χ0v) is 11.9. The van der Waals surface area contributed by atoms with Gasteiger partial charge in [-0.05, 0) is 32.2 Å². The molecule has 102 valence electrons. The third-order valence-corrected chi connectivity index (χ3v) is 3.12. The minimum atomic E-state index is 0.258. The molecule has 0 bridgehead atoms. The van der Waals surface area contributed by atoms with Crippen LogP contribution in [0, 0.1) is 11.8 Å². The summed E-state index contributed by atoms with van der Waals surface area (Å²) in [7, 11) is 1.94. The highest BCUT2D eigenvalue weighted by atomic mass is 16.5. The van der Waals surface area contributed by atoms with E-state index >= 15 is 0 Å². The second-order valence-electron chi connectivity index (χ2n) is 4.50. The van der Waals surface area contributed by atoms with E-state index in [0.717, 1.165) is 16.9 Å². The zero-order valence-electron chi connectivity index (χ0n) is 11.9. The van der Waals surface area contributed by atoms with Gasteiger partial charge in [-0.25, -0.2) is 0 Å². The molecular weight excluding hydrogens is 246 g/mol. The van der Waals surface area contributed by atoms with Gasteiger partial charge in [0.05, 0.1) is 0 Å². The van der Waals surface area contributed by atoms with Crippen molar-refractivity contribution >= 4 is 0 Å². The van der Waals surface area contributed by atoms with E-state index < -0.39 is 0 Å². The van der Waals surface area contributed by atoms with E-state index in [1.54, 1.807) is 0 Å². The molecule has 0 aliphatic heterocycles. The molecule has 2 nitrogen and oxygen atoms in total. The normalized spacial score (nSPS) is 11.3. The maximum absolute atomic E-state index is 5.77. The number of rotatable bonds is 4. The molecule has 2 heteroatoms. The second-order valence-corrected chi connectivity index (χ2v) is 4.50. The summed E-state index contributed by atoms with van der Waals surface area (Å²) < 4.78 is 5.77. The van der Waals surface area contributed by atoms with E-state index in [0.29, 0.717) is 6.61 Å². The van der Waals surface area contributed by atoms with Crippen LogP contribution in [0.3, 0.4) is 0 Å². The van der Waals surface area contributed by atoms with Gasteiger partial charge in [0.25, 0.3) is 0 Å². The summed E-state index contributed by atoms with van der Waals surface area (Å²) in [6, 6.07) is 18.2. The monoisotopic (exact) mass is 265 g/mol. The van der Waals surface area contributed by atoms with Crippen molar-refractivity contribution < 1.29 is 4.74 Å². The predicted molar refractivity (Wildman–Crippen MR) is 82.7 cm³/mol. The number of ether oxygens (including phenoxy) is 1. The summed E-state index contributed by atoms with van der Waals surface area (Å²) in [6.07, 6.45) is 0. The third-order valence-electron chi connectivity index (χ3n) is 3.12. The summed E-state index contributed by atoms with van der Waals surface area (Å²) in [5.74, 6) is 7.01. The Bertz CT molecular complexity index is 596. The topological polar surface area (TPSA) is 21.3 Å². The molecule has 0 aromatic heterocycles. The van der Waals surface area contributed by atoms with Crippen LogP contribution in [-0.2, 0) is 0 Å². The van der Waals surface area contributed by atoms with Crippen LogP contribution < -0.4 is 10.1 Å². The summed E-state index contributed by atoms with van der Waals surface area (Å²) in [4.78, 5) is 0. The van der Waals surface area contributed by atoms with Crippen LogP contribution in [-0.4, -0.2) is 13.7 Å². The van der Waals surface area contributed by atoms with Crippen LogP contribution in [0.15, 0.2) is 54.6 Å². The fourth-order valence-corrected chi connectivity index (χ4v) is 1.90. The molecule has 0 fully saturated rings. The van der Waals surface area contributed by atoms with Crippen LogP contribution >= 0.6 is 0 Å². The maximum atomic E-state index is 5.77. The average Bonchev–Trinajstić information content (AvgIpc) is 2.52. The molecule has 0 spiro atoms. The van der Waals surface area contributed by atoms with Gasteiger partial charge in [0.1, 0.15) is 12.4 Å². The lowest BCUT2D eigenvalue weighted by Gasteiger charge is -2.15. The summed E-state index contributed by atoms with van der Waals surface area (Å²) in [5.41, 5.74) is 2.16. The van der Waals surface area contributed by atoms with Gasteiger partial charge in [-0.3, -0.25) is 0 Å². The smallest absolute Gasteiger partial charge is 0.149 e. The van der Waals surface area contributed by atoms with Crippen LogP contribution in [0.1, 0.15) is 24.1 Å². The second kappa shape index (κ2) is 7.37. The van der Waals surface area contributed by atoms with Crippen LogP contribution in [0.5, 0.6) is 5.75 Å². The Morgan fingerprint density at radius 1 is 1.05 bits per heavy atom. The van der Waals surface area contributed by atoms with E-state index in [-0.39, 0.29) is 6.04 Å². The lowest BCUT2D eigenvalue weighted by molar-refractivity contribution is 0.362. The van der Waals surface area contributed by atoms with E-state index in [1.165, 1.54) is 0 Å². The Hall–Kier alpha value is -2.24. The molecule has 0 saturated carbocycles. The number of hydrogen-bond acceptors (Lipinski definition) is 2. The quantitative estimate of drug-likeness (QED) is 0.856. The molecule has 2 aromatic rings. The van der Waals surface area contributed by atoms with E-state index in [4.69, 9.17) is 4.74 Å². The Morgan fingerprint density at radius 3 is 2.50 bits per heavy atom. The minimum absolute atomic E-state index is 0.258. The predicted octanol–water partition coefficient (Wildman–Crippen LogP) is 3.40. The molecule has 0 aliphatic carbocycles. The van der Waals surface area contributed by atoms with Crippen molar-refractivity contribution in [3.05, 3.63) is 65.7 Å². The first-order valence-corrected chi connectivity index (χ1v) is 6.74. The molecule has 0 saturated heterocycles. The number of hydrogen-bond donors (Lipinski definition) is 1. The molecule has 1 unspecified atom stereocenters. The number of nitrogens with one attached hydrogen (secondary N) is 1. The maximum Gasteiger partial charge on any atom is 0.149 e. The van der Waals surface area contributed by atoms with Gasteiger partial charge in [-0.1, -0.05) is 48.2 Å². The van der Waals surface area contributed by atoms with Gasteiger partial charge in [-0.2, -0.15) is 0 Å².